The third-order valence-electron chi connectivity index (χ3n) is 3.27. The van der Waals surface area contributed by atoms with E-state index in [0.717, 1.165) is 24.5 Å². The Kier molecular flexibility index (Phi) is 3.58. The van der Waals surface area contributed by atoms with Crippen LogP contribution in [0.5, 0.6) is 0 Å². The molecule has 1 aliphatic heterocycles. The second-order valence-electron chi connectivity index (χ2n) is 4.46. The van der Waals surface area contributed by atoms with Crippen molar-refractivity contribution in [2.24, 2.45) is 5.41 Å². The predicted molar refractivity (Wildman–Crippen MR) is 68.9 cm³/mol. The molecule has 0 amide bonds. The van der Waals surface area contributed by atoms with Crippen molar-refractivity contribution in [3.05, 3.63) is 10.5 Å². The molecule has 94 valence electrons. The molecule has 1 unspecified atom stereocenters. The number of aromatic nitrogens is 1. The van der Waals surface area contributed by atoms with Gasteiger partial charge in [-0.2, -0.15) is 0 Å². The van der Waals surface area contributed by atoms with Gasteiger partial charge in [0.2, 0.25) is 0 Å². The van der Waals surface area contributed by atoms with Crippen molar-refractivity contribution in [3.8, 4) is 0 Å². The van der Waals surface area contributed by atoms with Gasteiger partial charge in [0, 0.05) is 18.5 Å². The Hall–Kier alpha value is -0.810. The van der Waals surface area contributed by atoms with Crippen molar-refractivity contribution in [3.63, 3.8) is 0 Å². The molecule has 1 saturated heterocycles. The van der Waals surface area contributed by atoms with Gasteiger partial charge in [-0.1, -0.05) is 24.9 Å². The molecule has 0 aromatic carbocycles. The fraction of sp³-hybridized carbons (Fsp3) is 0.636. The van der Waals surface area contributed by atoms with Crippen molar-refractivity contribution >= 4 is 34.0 Å². The van der Waals surface area contributed by atoms with Crippen molar-refractivity contribution in [2.45, 2.75) is 26.2 Å². The first kappa shape index (κ1) is 12.6. The van der Waals surface area contributed by atoms with Crippen LogP contribution in [0.15, 0.2) is 5.38 Å². The Labute approximate surface area is 109 Å². The van der Waals surface area contributed by atoms with Crippen LogP contribution in [0.4, 0.5) is 5.13 Å². The third kappa shape index (κ3) is 2.40. The van der Waals surface area contributed by atoms with Gasteiger partial charge >= 0.3 is 5.97 Å². The summed E-state index contributed by atoms with van der Waals surface area (Å²) >= 11 is 7.26. The number of hydrogen-bond acceptors (Lipinski definition) is 4. The molecule has 17 heavy (non-hydrogen) atoms. The molecule has 4 nitrogen and oxygen atoms in total. The number of carboxylic acids is 1. The summed E-state index contributed by atoms with van der Waals surface area (Å²) in [5, 5.41) is 12.5. The Bertz CT molecular complexity index is 423. The van der Waals surface area contributed by atoms with Gasteiger partial charge < -0.3 is 10.0 Å². The summed E-state index contributed by atoms with van der Waals surface area (Å²) in [5.41, 5.74) is -0.604. The summed E-state index contributed by atoms with van der Waals surface area (Å²) in [5.74, 6) is -0.690. The summed E-state index contributed by atoms with van der Waals surface area (Å²) in [7, 11) is 0. The summed E-state index contributed by atoms with van der Waals surface area (Å²) in [6, 6.07) is 0. The lowest BCUT2D eigenvalue weighted by Gasteiger charge is -2.23. The first-order chi connectivity index (χ1) is 8.07. The van der Waals surface area contributed by atoms with E-state index in [2.05, 4.69) is 4.98 Å². The fourth-order valence-electron chi connectivity index (χ4n) is 2.39. The van der Waals surface area contributed by atoms with Crippen molar-refractivity contribution in [1.82, 2.24) is 4.98 Å². The minimum absolute atomic E-state index is 0.480. The lowest BCUT2D eigenvalue weighted by Crippen LogP contribution is -2.34. The molecule has 1 aromatic rings. The van der Waals surface area contributed by atoms with Gasteiger partial charge in [-0.15, -0.1) is 11.3 Å². The van der Waals surface area contributed by atoms with E-state index < -0.39 is 11.4 Å². The average Bonchev–Trinajstić information content (AvgIpc) is 2.86. The number of carboxylic acid groups (broad SMARTS) is 1. The number of hydrogen-bond donors (Lipinski definition) is 1. The average molecular weight is 275 g/mol. The minimum atomic E-state index is -0.690. The van der Waals surface area contributed by atoms with E-state index in [-0.39, 0.29) is 0 Å². The van der Waals surface area contributed by atoms with E-state index >= 15 is 0 Å². The molecule has 0 aliphatic carbocycles. The molecule has 1 N–H and O–H groups in total. The SMILES string of the molecule is CCCC1(C(=O)O)CCN(c2nc(Cl)cs2)C1. The van der Waals surface area contributed by atoms with Crippen LogP contribution in [0.1, 0.15) is 26.2 Å². The van der Waals surface area contributed by atoms with E-state index in [1.165, 1.54) is 11.3 Å². The number of rotatable bonds is 4. The van der Waals surface area contributed by atoms with Crippen molar-refractivity contribution < 1.29 is 9.90 Å². The number of aliphatic carboxylic acids is 1. The molecule has 0 spiro atoms. The van der Waals surface area contributed by atoms with E-state index in [0.29, 0.717) is 18.1 Å². The number of carbonyl (C=O) groups is 1. The van der Waals surface area contributed by atoms with Gasteiger partial charge in [-0.3, -0.25) is 4.79 Å². The summed E-state index contributed by atoms with van der Waals surface area (Å²) in [6.45, 7) is 3.31. The molecule has 2 rings (SSSR count). The van der Waals surface area contributed by atoms with Gasteiger partial charge in [0.25, 0.3) is 0 Å². The summed E-state index contributed by atoms with van der Waals surface area (Å²) in [4.78, 5) is 17.6. The minimum Gasteiger partial charge on any atom is -0.481 e. The lowest BCUT2D eigenvalue weighted by atomic mass is 9.83. The van der Waals surface area contributed by atoms with E-state index in [1.54, 1.807) is 5.38 Å². The lowest BCUT2D eigenvalue weighted by molar-refractivity contribution is -0.148. The van der Waals surface area contributed by atoms with Crippen LogP contribution in [-0.2, 0) is 4.79 Å². The monoisotopic (exact) mass is 274 g/mol. The second-order valence-corrected chi connectivity index (χ2v) is 5.68. The second kappa shape index (κ2) is 4.82. The molecule has 1 aromatic heterocycles. The van der Waals surface area contributed by atoms with Crippen LogP contribution in [0.2, 0.25) is 5.15 Å². The Balaban J connectivity index is 2.14. The van der Waals surface area contributed by atoms with E-state index in [4.69, 9.17) is 11.6 Å². The zero-order valence-corrected chi connectivity index (χ0v) is 11.2. The maximum Gasteiger partial charge on any atom is 0.311 e. The third-order valence-corrected chi connectivity index (χ3v) is 4.50. The van der Waals surface area contributed by atoms with Gasteiger partial charge in [0.1, 0.15) is 5.15 Å². The van der Waals surface area contributed by atoms with Crippen LogP contribution < -0.4 is 4.90 Å². The normalized spacial score (nSPS) is 24.2. The molecular weight excluding hydrogens is 260 g/mol. The van der Waals surface area contributed by atoms with Gasteiger partial charge in [-0.25, -0.2) is 4.98 Å². The van der Waals surface area contributed by atoms with Crippen LogP contribution in [0, 0.1) is 5.41 Å². The predicted octanol–water partition coefficient (Wildman–Crippen LogP) is 2.88. The molecule has 2 heterocycles. The largest absolute Gasteiger partial charge is 0.481 e. The molecule has 1 atom stereocenters. The van der Waals surface area contributed by atoms with Crippen LogP contribution in [-0.4, -0.2) is 29.1 Å². The van der Waals surface area contributed by atoms with Crippen molar-refractivity contribution in [2.75, 3.05) is 18.0 Å². The Morgan fingerprint density at radius 1 is 1.76 bits per heavy atom. The highest BCUT2D eigenvalue weighted by Gasteiger charge is 2.44. The van der Waals surface area contributed by atoms with E-state index in [9.17, 15) is 9.90 Å². The summed E-state index contributed by atoms with van der Waals surface area (Å²) < 4.78 is 0. The van der Waals surface area contributed by atoms with Crippen molar-refractivity contribution in [1.29, 1.82) is 0 Å². The summed E-state index contributed by atoms with van der Waals surface area (Å²) in [6.07, 6.45) is 2.30. The Morgan fingerprint density at radius 3 is 3.06 bits per heavy atom. The molecule has 0 saturated carbocycles. The number of nitrogens with zero attached hydrogens (tertiary/aromatic N) is 2. The number of thiazole rings is 1. The van der Waals surface area contributed by atoms with Crippen LogP contribution in [0.25, 0.3) is 0 Å². The highest BCUT2D eigenvalue weighted by Crippen LogP contribution is 2.38. The topological polar surface area (TPSA) is 53.4 Å². The maximum absolute atomic E-state index is 11.4. The molecule has 1 fully saturated rings. The van der Waals surface area contributed by atoms with E-state index in [1.807, 2.05) is 11.8 Å². The highest BCUT2D eigenvalue weighted by atomic mass is 35.5. The first-order valence-electron chi connectivity index (χ1n) is 5.67. The standard InChI is InChI=1S/C11H15ClN2O2S/c1-2-3-11(9(15)16)4-5-14(7-11)10-13-8(12)6-17-10/h6H,2-5,7H2,1H3,(H,15,16). The van der Waals surface area contributed by atoms with Gasteiger partial charge in [0.15, 0.2) is 5.13 Å². The fourth-order valence-corrected chi connectivity index (χ4v) is 3.37. The number of halogens is 1. The molecular formula is C11H15ClN2O2S. The zero-order valence-electron chi connectivity index (χ0n) is 9.65. The molecule has 1 aliphatic rings. The van der Waals surface area contributed by atoms with Gasteiger partial charge in [0.05, 0.1) is 5.41 Å². The first-order valence-corrected chi connectivity index (χ1v) is 6.92. The Morgan fingerprint density at radius 2 is 2.53 bits per heavy atom. The van der Waals surface area contributed by atoms with Crippen LogP contribution >= 0.6 is 22.9 Å². The highest BCUT2D eigenvalue weighted by molar-refractivity contribution is 7.14. The molecule has 0 radical (unpaired) electrons. The smallest absolute Gasteiger partial charge is 0.311 e. The quantitative estimate of drug-likeness (QED) is 0.917. The van der Waals surface area contributed by atoms with Gasteiger partial charge in [-0.05, 0) is 12.8 Å². The molecule has 0 bridgehead atoms. The zero-order chi connectivity index (χ0) is 12.5. The number of anilines is 1. The maximum atomic E-state index is 11.4. The molecule has 6 heteroatoms. The van der Waals surface area contributed by atoms with Crippen LogP contribution in [0.3, 0.4) is 0 Å².